The molecule has 45 heavy (non-hydrogen) atoms. The molecule has 4 aromatic rings. The van der Waals surface area contributed by atoms with Crippen molar-refractivity contribution >= 4 is 48.7 Å². The van der Waals surface area contributed by atoms with Crippen LogP contribution < -0.4 is 0 Å². The molecule has 9 heteroatoms. The lowest BCUT2D eigenvalue weighted by Gasteiger charge is -2.48. The number of fused-ring (bicyclic) bond motifs is 1. The second kappa shape index (κ2) is 12.3. The number of rotatable bonds is 6. The highest BCUT2D eigenvalue weighted by Gasteiger charge is 2.56. The maximum absolute atomic E-state index is 14.7. The fourth-order valence-corrected chi connectivity index (χ4v) is 12.0. The molecular formula is C36H34Cl2O5S2. The lowest BCUT2D eigenvalue weighted by atomic mass is 9.62. The zero-order valence-corrected chi connectivity index (χ0v) is 28.1. The second-order valence-corrected chi connectivity index (χ2v) is 17.6. The predicted octanol–water partition coefficient (Wildman–Crippen LogP) is 8.16. The van der Waals surface area contributed by atoms with Gasteiger partial charge in [0.1, 0.15) is 5.78 Å². The van der Waals surface area contributed by atoms with Crippen LogP contribution in [0.5, 0.6) is 0 Å². The van der Waals surface area contributed by atoms with E-state index in [-0.39, 0.29) is 34.8 Å². The first kappa shape index (κ1) is 32.0. The quantitative estimate of drug-likeness (QED) is 0.205. The Morgan fingerprint density at radius 1 is 0.600 bits per heavy atom. The van der Waals surface area contributed by atoms with Gasteiger partial charge in [0, 0.05) is 34.2 Å². The van der Waals surface area contributed by atoms with Gasteiger partial charge in [-0.25, -0.2) is 16.8 Å². The van der Waals surface area contributed by atoms with Crippen molar-refractivity contribution in [1.82, 2.24) is 0 Å². The van der Waals surface area contributed by atoms with Crippen LogP contribution in [0.4, 0.5) is 0 Å². The van der Waals surface area contributed by atoms with Gasteiger partial charge in [0.15, 0.2) is 19.7 Å². The van der Waals surface area contributed by atoms with E-state index in [9.17, 15) is 21.6 Å². The van der Waals surface area contributed by atoms with E-state index in [1.54, 1.807) is 91.0 Å². The fourth-order valence-electron chi connectivity index (χ4n) is 7.40. The number of halogens is 2. The minimum Gasteiger partial charge on any atom is -0.299 e. The van der Waals surface area contributed by atoms with Gasteiger partial charge in [0.2, 0.25) is 0 Å². The minimum atomic E-state index is -3.96. The molecule has 6 unspecified atom stereocenters. The van der Waals surface area contributed by atoms with E-state index in [2.05, 4.69) is 0 Å². The summed E-state index contributed by atoms with van der Waals surface area (Å²) in [6.07, 6.45) is 0.230. The van der Waals surface area contributed by atoms with E-state index in [0.29, 0.717) is 15.6 Å². The van der Waals surface area contributed by atoms with Crippen molar-refractivity contribution in [3.05, 3.63) is 129 Å². The molecule has 0 saturated heterocycles. The molecule has 0 bridgehead atoms. The van der Waals surface area contributed by atoms with Gasteiger partial charge < -0.3 is 0 Å². The molecule has 0 heterocycles. The zero-order chi connectivity index (χ0) is 32.1. The maximum atomic E-state index is 14.7. The van der Waals surface area contributed by atoms with Crippen LogP contribution in [0.15, 0.2) is 107 Å². The lowest BCUT2D eigenvalue weighted by molar-refractivity contribution is -0.128. The van der Waals surface area contributed by atoms with Gasteiger partial charge in [-0.3, -0.25) is 4.79 Å². The Balaban J connectivity index is 1.51. The van der Waals surface area contributed by atoms with Gasteiger partial charge >= 0.3 is 0 Å². The van der Waals surface area contributed by atoms with Gasteiger partial charge in [-0.1, -0.05) is 82.9 Å². The third-order valence-corrected chi connectivity index (χ3v) is 14.7. The highest BCUT2D eigenvalue weighted by molar-refractivity contribution is 7.92. The summed E-state index contributed by atoms with van der Waals surface area (Å²) >= 11 is 12.6. The maximum Gasteiger partial charge on any atom is 0.182 e. The molecule has 2 aliphatic rings. The Labute approximate surface area is 275 Å². The van der Waals surface area contributed by atoms with Crippen LogP contribution in [0.2, 0.25) is 10.0 Å². The molecule has 0 aromatic heterocycles. The van der Waals surface area contributed by atoms with E-state index >= 15 is 0 Å². The summed E-state index contributed by atoms with van der Waals surface area (Å²) in [5, 5.41) is -0.907. The molecule has 4 aromatic carbocycles. The van der Waals surface area contributed by atoms with Crippen molar-refractivity contribution in [2.75, 3.05) is 0 Å². The highest BCUT2D eigenvalue weighted by atomic mass is 35.5. The van der Waals surface area contributed by atoms with E-state index in [1.165, 1.54) is 0 Å². The van der Waals surface area contributed by atoms with Gasteiger partial charge in [-0.2, -0.15) is 0 Å². The number of benzene rings is 4. The van der Waals surface area contributed by atoms with Crippen LogP contribution in [0.1, 0.15) is 53.4 Å². The number of carbonyl (C=O) groups excluding carboxylic acids is 1. The first-order valence-corrected chi connectivity index (χ1v) is 18.9. The zero-order valence-electron chi connectivity index (χ0n) is 24.9. The Kier molecular flexibility index (Phi) is 8.76. The van der Waals surface area contributed by atoms with Crippen LogP contribution in [0.25, 0.3) is 0 Å². The Bertz CT molecular complexity index is 1940. The van der Waals surface area contributed by atoms with Gasteiger partial charge in [0.25, 0.3) is 0 Å². The molecule has 6 atom stereocenters. The molecule has 0 amide bonds. The molecule has 2 saturated carbocycles. The standard InChI is InChI=1S/C36H34Cl2O5S2/c1-22-6-14-28(15-7-22)44(40,41)35-21-32-33(19-30(35)25-4-3-5-27(38)18-25)36(45(42,43)29-16-8-23(2)9-17-29)31(20-34(32)39)24-10-12-26(37)13-11-24/h3-18,30-33,35-36H,19-21H2,1-2H3. The molecule has 0 spiro atoms. The molecule has 234 valence electrons. The SMILES string of the molecule is Cc1ccc(S(=O)(=O)C2CC3C(=O)CC(c4ccc(Cl)cc4)C(S(=O)(=O)c4ccc(C)cc4)C3CC2c2cccc(Cl)c2)cc1. The summed E-state index contributed by atoms with van der Waals surface area (Å²) in [6.45, 7) is 3.79. The van der Waals surface area contributed by atoms with E-state index < -0.39 is 53.8 Å². The number of aryl methyl sites for hydroxylation is 2. The van der Waals surface area contributed by atoms with E-state index in [4.69, 9.17) is 23.2 Å². The lowest BCUT2D eigenvalue weighted by Crippen LogP contribution is -2.53. The summed E-state index contributed by atoms with van der Waals surface area (Å²) < 4.78 is 58.0. The van der Waals surface area contributed by atoms with Gasteiger partial charge in [-0.05, 0) is 92.3 Å². The van der Waals surface area contributed by atoms with Crippen LogP contribution in [-0.4, -0.2) is 33.1 Å². The first-order valence-electron chi connectivity index (χ1n) is 15.0. The molecule has 5 nitrogen and oxygen atoms in total. The van der Waals surface area contributed by atoms with Crippen LogP contribution in [0, 0.1) is 25.7 Å². The second-order valence-electron chi connectivity index (χ2n) is 12.5. The average molecular weight is 682 g/mol. The third kappa shape index (κ3) is 6.12. The van der Waals surface area contributed by atoms with Crippen LogP contribution >= 0.6 is 23.2 Å². The molecule has 0 N–H and O–H groups in total. The van der Waals surface area contributed by atoms with Crippen molar-refractivity contribution in [2.45, 2.75) is 65.2 Å². The van der Waals surface area contributed by atoms with E-state index in [0.717, 1.165) is 16.7 Å². The Hall–Kier alpha value is -2.97. The number of sulfone groups is 2. The fraction of sp³-hybridized carbons (Fsp3) is 0.306. The number of hydrogen-bond donors (Lipinski definition) is 0. The normalized spacial score (nSPS) is 25.5. The van der Waals surface area contributed by atoms with Gasteiger partial charge in [0.05, 0.1) is 20.3 Å². The number of hydrogen-bond acceptors (Lipinski definition) is 5. The third-order valence-electron chi connectivity index (χ3n) is 9.66. The minimum absolute atomic E-state index is 0.00229. The summed E-state index contributed by atoms with van der Waals surface area (Å²) in [5.74, 6) is -2.66. The summed E-state index contributed by atoms with van der Waals surface area (Å²) in [6, 6.07) is 27.7. The molecule has 2 aliphatic carbocycles. The van der Waals surface area contributed by atoms with Crippen LogP contribution in [0.3, 0.4) is 0 Å². The molecule has 6 rings (SSSR count). The summed E-state index contributed by atoms with van der Waals surface area (Å²) in [4.78, 5) is 14.4. The largest absolute Gasteiger partial charge is 0.299 e. The smallest absolute Gasteiger partial charge is 0.182 e. The van der Waals surface area contributed by atoms with E-state index in [1.807, 2.05) is 19.9 Å². The molecule has 2 fully saturated rings. The monoisotopic (exact) mass is 680 g/mol. The Morgan fingerprint density at radius 2 is 1.18 bits per heavy atom. The Morgan fingerprint density at radius 3 is 1.76 bits per heavy atom. The van der Waals surface area contributed by atoms with Gasteiger partial charge in [-0.15, -0.1) is 0 Å². The molecule has 0 aliphatic heterocycles. The molecule has 0 radical (unpaired) electrons. The predicted molar refractivity (Wildman–Crippen MR) is 179 cm³/mol. The average Bonchev–Trinajstić information content (AvgIpc) is 3.01. The van der Waals surface area contributed by atoms with Crippen molar-refractivity contribution in [1.29, 1.82) is 0 Å². The van der Waals surface area contributed by atoms with Crippen molar-refractivity contribution < 1.29 is 21.6 Å². The number of Topliss-reactive ketones (excluding diaryl/α,β-unsaturated/α-hetero) is 1. The van der Waals surface area contributed by atoms with Crippen LogP contribution in [-0.2, 0) is 24.5 Å². The topological polar surface area (TPSA) is 85.3 Å². The molecular weight excluding hydrogens is 647 g/mol. The first-order chi connectivity index (χ1) is 21.4. The summed E-state index contributed by atoms with van der Waals surface area (Å²) in [5.41, 5.74) is 3.31. The van der Waals surface area contributed by atoms with Crippen molar-refractivity contribution in [3.63, 3.8) is 0 Å². The number of carbonyl (C=O) groups is 1. The van der Waals surface area contributed by atoms with Crippen molar-refractivity contribution in [2.24, 2.45) is 11.8 Å². The highest BCUT2D eigenvalue weighted by Crippen LogP contribution is 2.54. The number of ketones is 1. The van der Waals surface area contributed by atoms with Crippen molar-refractivity contribution in [3.8, 4) is 0 Å². The summed E-state index contributed by atoms with van der Waals surface area (Å²) in [7, 11) is -7.87.